The fraction of sp³-hybridized carbons (Fsp3) is 0.500. The van der Waals surface area contributed by atoms with Crippen LogP contribution in [0.3, 0.4) is 0 Å². The zero-order chi connectivity index (χ0) is 16.5. The summed E-state index contributed by atoms with van der Waals surface area (Å²) in [4.78, 5) is 11.8. The largest absolute Gasteiger partial charge is 0.497 e. The fourth-order valence-corrected chi connectivity index (χ4v) is 2.50. The van der Waals surface area contributed by atoms with Crippen LogP contribution in [0.2, 0.25) is 0 Å². The Hall–Kier alpha value is -1.85. The summed E-state index contributed by atoms with van der Waals surface area (Å²) in [5.41, 5.74) is 1.01. The molecule has 126 valence electrons. The molecule has 1 amide bonds. The maximum Gasteiger partial charge on any atom is 0.220 e. The highest BCUT2D eigenvalue weighted by Gasteiger charge is 2.14. The third-order valence-corrected chi connectivity index (χ3v) is 3.83. The molecule has 0 heterocycles. The highest BCUT2D eigenvalue weighted by Crippen LogP contribution is 2.19. The van der Waals surface area contributed by atoms with E-state index in [1.54, 1.807) is 7.11 Å². The molecule has 2 N–H and O–H groups in total. The standard InChI is InChI=1S/C18H25NO4/c1-22-17-8-6-15(7-9-17)12-23-13-16(20)11-19-18(21)10-14-4-2-3-5-14/h2,4,6-9,14,16,20H,3,5,10-13H2,1H3,(H,19,21)/t14-,16+/m0/s1. The summed E-state index contributed by atoms with van der Waals surface area (Å²) in [6.07, 6.45) is 6.10. The summed E-state index contributed by atoms with van der Waals surface area (Å²) in [6, 6.07) is 7.57. The lowest BCUT2D eigenvalue weighted by molar-refractivity contribution is -0.122. The average Bonchev–Trinajstić information content (AvgIpc) is 3.06. The van der Waals surface area contributed by atoms with Gasteiger partial charge in [0, 0.05) is 13.0 Å². The van der Waals surface area contributed by atoms with E-state index in [0.717, 1.165) is 24.2 Å². The van der Waals surface area contributed by atoms with Gasteiger partial charge in [0.15, 0.2) is 0 Å². The minimum absolute atomic E-state index is 0.0178. The van der Waals surface area contributed by atoms with Crippen molar-refractivity contribution in [1.82, 2.24) is 5.32 Å². The summed E-state index contributed by atoms with van der Waals surface area (Å²) < 4.78 is 10.6. The first-order chi connectivity index (χ1) is 11.2. The van der Waals surface area contributed by atoms with E-state index in [1.807, 2.05) is 24.3 Å². The van der Waals surface area contributed by atoms with Gasteiger partial charge in [-0.2, -0.15) is 0 Å². The molecule has 0 saturated heterocycles. The molecular weight excluding hydrogens is 294 g/mol. The number of nitrogens with one attached hydrogen (secondary N) is 1. The first kappa shape index (κ1) is 17.5. The first-order valence-corrected chi connectivity index (χ1v) is 7.99. The number of aliphatic hydroxyl groups is 1. The predicted molar refractivity (Wildman–Crippen MR) is 88.1 cm³/mol. The van der Waals surface area contributed by atoms with Gasteiger partial charge in [0.2, 0.25) is 5.91 Å². The number of benzene rings is 1. The number of ether oxygens (including phenoxy) is 2. The second kappa shape index (κ2) is 9.33. The molecule has 0 aliphatic heterocycles. The lowest BCUT2D eigenvalue weighted by Crippen LogP contribution is -2.35. The second-order valence-corrected chi connectivity index (χ2v) is 5.79. The number of rotatable bonds is 9. The lowest BCUT2D eigenvalue weighted by atomic mass is 10.1. The van der Waals surface area contributed by atoms with Gasteiger partial charge in [-0.15, -0.1) is 0 Å². The van der Waals surface area contributed by atoms with Crippen molar-refractivity contribution in [3.05, 3.63) is 42.0 Å². The number of amides is 1. The van der Waals surface area contributed by atoms with E-state index in [4.69, 9.17) is 9.47 Å². The zero-order valence-electron chi connectivity index (χ0n) is 13.5. The second-order valence-electron chi connectivity index (χ2n) is 5.79. The van der Waals surface area contributed by atoms with Crippen molar-refractivity contribution in [2.24, 2.45) is 5.92 Å². The monoisotopic (exact) mass is 319 g/mol. The van der Waals surface area contributed by atoms with Crippen LogP contribution in [0, 0.1) is 5.92 Å². The molecule has 0 radical (unpaired) electrons. The van der Waals surface area contributed by atoms with E-state index < -0.39 is 6.10 Å². The number of carbonyl (C=O) groups excluding carboxylic acids is 1. The maximum atomic E-state index is 11.8. The summed E-state index contributed by atoms with van der Waals surface area (Å²) >= 11 is 0. The van der Waals surface area contributed by atoms with Crippen molar-refractivity contribution in [1.29, 1.82) is 0 Å². The van der Waals surface area contributed by atoms with Gasteiger partial charge >= 0.3 is 0 Å². The van der Waals surface area contributed by atoms with Crippen molar-refractivity contribution in [2.75, 3.05) is 20.3 Å². The molecule has 0 saturated carbocycles. The molecule has 5 nitrogen and oxygen atoms in total. The minimum Gasteiger partial charge on any atom is -0.497 e. The van der Waals surface area contributed by atoms with Gasteiger partial charge in [0.1, 0.15) is 5.75 Å². The molecule has 1 aliphatic rings. The molecule has 0 bridgehead atoms. The normalized spacial score (nSPS) is 17.9. The van der Waals surface area contributed by atoms with E-state index in [-0.39, 0.29) is 19.1 Å². The Kier molecular flexibility index (Phi) is 7.10. The van der Waals surface area contributed by atoms with Crippen LogP contribution in [-0.4, -0.2) is 37.4 Å². The van der Waals surface area contributed by atoms with Crippen molar-refractivity contribution in [3.8, 4) is 5.75 Å². The van der Waals surface area contributed by atoms with E-state index >= 15 is 0 Å². The smallest absolute Gasteiger partial charge is 0.220 e. The Labute approximate surface area is 137 Å². The van der Waals surface area contributed by atoms with Crippen LogP contribution in [0.4, 0.5) is 0 Å². The van der Waals surface area contributed by atoms with Crippen LogP contribution in [-0.2, 0) is 16.1 Å². The topological polar surface area (TPSA) is 67.8 Å². The van der Waals surface area contributed by atoms with E-state index in [0.29, 0.717) is 18.9 Å². The van der Waals surface area contributed by atoms with Crippen molar-refractivity contribution < 1.29 is 19.4 Å². The van der Waals surface area contributed by atoms with Crippen LogP contribution in [0.1, 0.15) is 24.8 Å². The molecule has 1 aliphatic carbocycles. The van der Waals surface area contributed by atoms with Gasteiger partial charge in [0.25, 0.3) is 0 Å². The van der Waals surface area contributed by atoms with Crippen LogP contribution in [0.15, 0.2) is 36.4 Å². The van der Waals surface area contributed by atoms with Crippen LogP contribution >= 0.6 is 0 Å². The van der Waals surface area contributed by atoms with Gasteiger partial charge in [-0.25, -0.2) is 0 Å². The molecule has 1 aromatic rings. The molecule has 23 heavy (non-hydrogen) atoms. The highest BCUT2D eigenvalue weighted by molar-refractivity contribution is 5.76. The van der Waals surface area contributed by atoms with E-state index in [1.165, 1.54) is 0 Å². The Morgan fingerprint density at radius 2 is 2.17 bits per heavy atom. The minimum atomic E-state index is -0.698. The molecule has 5 heteroatoms. The average molecular weight is 319 g/mol. The Bertz CT molecular complexity index is 512. The van der Waals surface area contributed by atoms with Crippen molar-refractivity contribution in [2.45, 2.75) is 32.0 Å². The molecule has 2 rings (SSSR count). The molecule has 0 aromatic heterocycles. The van der Waals surface area contributed by atoms with Gasteiger partial charge in [-0.05, 0) is 36.5 Å². The van der Waals surface area contributed by atoms with Crippen LogP contribution in [0.5, 0.6) is 5.75 Å². The number of allylic oxidation sites excluding steroid dienone is 2. The Morgan fingerprint density at radius 3 is 2.83 bits per heavy atom. The number of hydrogen-bond acceptors (Lipinski definition) is 4. The predicted octanol–water partition coefficient (Wildman–Crippen LogP) is 2.05. The van der Waals surface area contributed by atoms with Gasteiger partial charge in [-0.1, -0.05) is 24.3 Å². The summed E-state index contributed by atoms with van der Waals surface area (Å²) in [5.74, 6) is 1.13. The third kappa shape index (κ3) is 6.42. The van der Waals surface area contributed by atoms with Gasteiger partial charge < -0.3 is 19.9 Å². The van der Waals surface area contributed by atoms with Gasteiger partial charge in [0.05, 0.1) is 26.4 Å². The maximum absolute atomic E-state index is 11.8. The van der Waals surface area contributed by atoms with Crippen molar-refractivity contribution >= 4 is 5.91 Å². The number of methoxy groups -OCH3 is 1. The third-order valence-electron chi connectivity index (χ3n) is 3.83. The van der Waals surface area contributed by atoms with Gasteiger partial charge in [-0.3, -0.25) is 4.79 Å². The molecule has 2 atom stereocenters. The van der Waals surface area contributed by atoms with E-state index in [2.05, 4.69) is 17.5 Å². The molecule has 1 aromatic carbocycles. The van der Waals surface area contributed by atoms with Crippen molar-refractivity contribution in [3.63, 3.8) is 0 Å². The first-order valence-electron chi connectivity index (χ1n) is 7.99. The summed E-state index contributed by atoms with van der Waals surface area (Å²) in [5, 5.41) is 12.6. The molecule has 0 spiro atoms. The van der Waals surface area contributed by atoms with E-state index in [9.17, 15) is 9.90 Å². The lowest BCUT2D eigenvalue weighted by Gasteiger charge is -2.14. The number of carbonyl (C=O) groups is 1. The van der Waals surface area contributed by atoms with Crippen LogP contribution in [0.25, 0.3) is 0 Å². The summed E-state index contributed by atoms with van der Waals surface area (Å²) in [6.45, 7) is 0.829. The SMILES string of the molecule is COc1ccc(COC[C@H](O)CNC(=O)C[C@H]2C=CCC2)cc1. The Morgan fingerprint density at radius 1 is 1.39 bits per heavy atom. The number of aliphatic hydroxyl groups excluding tert-OH is 1. The number of hydrogen-bond donors (Lipinski definition) is 2. The summed E-state index contributed by atoms with van der Waals surface area (Å²) in [7, 11) is 1.62. The van der Waals surface area contributed by atoms with Crippen LogP contribution < -0.4 is 10.1 Å². The molecular formula is C18H25NO4. The molecule has 0 unspecified atom stereocenters. The quantitative estimate of drug-likeness (QED) is 0.684. The molecule has 0 fully saturated rings. The fourth-order valence-electron chi connectivity index (χ4n) is 2.50. The Balaban J connectivity index is 1.57. The highest BCUT2D eigenvalue weighted by atomic mass is 16.5. The zero-order valence-corrected chi connectivity index (χ0v) is 13.5.